The normalized spacial score (nSPS) is 13.5. The smallest absolute Gasteiger partial charge is 0.251 e. The van der Waals surface area contributed by atoms with Crippen LogP contribution in [0.25, 0.3) is 0 Å². The second-order valence-corrected chi connectivity index (χ2v) is 5.52. The lowest BCUT2D eigenvalue weighted by molar-refractivity contribution is 0.0494. The SMILES string of the molecule is CC(O)(CNC(=O)c1ccc(Cl)cc1)c1ccc(F)cc1F. The quantitative estimate of drug-likeness (QED) is 0.906. The van der Waals surface area contributed by atoms with Crippen LogP contribution >= 0.6 is 11.6 Å². The summed E-state index contributed by atoms with van der Waals surface area (Å²) in [7, 11) is 0. The van der Waals surface area contributed by atoms with E-state index in [-0.39, 0.29) is 12.1 Å². The fourth-order valence-corrected chi connectivity index (χ4v) is 2.10. The molecule has 0 aromatic heterocycles. The molecule has 3 nitrogen and oxygen atoms in total. The van der Waals surface area contributed by atoms with Crippen LogP contribution in [0.5, 0.6) is 0 Å². The first-order valence-electron chi connectivity index (χ1n) is 6.51. The van der Waals surface area contributed by atoms with Crippen LogP contribution in [0.3, 0.4) is 0 Å². The number of hydrogen-bond donors (Lipinski definition) is 2. The fraction of sp³-hybridized carbons (Fsp3) is 0.188. The summed E-state index contributed by atoms with van der Waals surface area (Å²) in [6.07, 6.45) is 0. The molecule has 0 saturated heterocycles. The van der Waals surface area contributed by atoms with E-state index in [0.29, 0.717) is 16.7 Å². The summed E-state index contributed by atoms with van der Waals surface area (Å²) >= 11 is 5.73. The van der Waals surface area contributed by atoms with Gasteiger partial charge in [0.25, 0.3) is 5.91 Å². The number of aliphatic hydroxyl groups is 1. The van der Waals surface area contributed by atoms with E-state index in [2.05, 4.69) is 5.32 Å². The van der Waals surface area contributed by atoms with Gasteiger partial charge in [0.2, 0.25) is 0 Å². The van der Waals surface area contributed by atoms with Crippen molar-refractivity contribution in [3.63, 3.8) is 0 Å². The lowest BCUT2D eigenvalue weighted by Crippen LogP contribution is -2.39. The third-order valence-corrected chi connectivity index (χ3v) is 3.46. The molecule has 2 aromatic carbocycles. The Balaban J connectivity index is 2.08. The summed E-state index contributed by atoms with van der Waals surface area (Å²) < 4.78 is 26.6. The second-order valence-electron chi connectivity index (χ2n) is 5.09. The number of nitrogens with one attached hydrogen (secondary N) is 1. The molecule has 0 aliphatic heterocycles. The van der Waals surface area contributed by atoms with Gasteiger partial charge in [-0.2, -0.15) is 0 Å². The van der Waals surface area contributed by atoms with Crippen molar-refractivity contribution in [2.24, 2.45) is 0 Å². The van der Waals surface area contributed by atoms with E-state index in [9.17, 15) is 18.7 Å². The van der Waals surface area contributed by atoms with E-state index in [4.69, 9.17) is 11.6 Å². The standard InChI is InChI=1S/C16H14ClF2NO2/c1-16(22,13-7-6-12(18)8-14(13)19)9-20-15(21)10-2-4-11(17)5-3-10/h2-8,22H,9H2,1H3,(H,20,21). The first-order chi connectivity index (χ1) is 10.3. The van der Waals surface area contributed by atoms with Crippen LogP contribution < -0.4 is 5.32 Å². The predicted octanol–water partition coefficient (Wildman–Crippen LogP) is 3.26. The Kier molecular flexibility index (Phi) is 4.78. The topological polar surface area (TPSA) is 49.3 Å². The molecule has 6 heteroatoms. The van der Waals surface area contributed by atoms with Gasteiger partial charge in [-0.15, -0.1) is 0 Å². The van der Waals surface area contributed by atoms with E-state index < -0.39 is 23.1 Å². The molecule has 1 amide bonds. The molecule has 1 atom stereocenters. The van der Waals surface area contributed by atoms with Crippen LogP contribution in [-0.4, -0.2) is 17.6 Å². The van der Waals surface area contributed by atoms with Crippen molar-refractivity contribution < 1.29 is 18.7 Å². The molecule has 2 N–H and O–H groups in total. The molecule has 0 aliphatic carbocycles. The molecule has 2 aromatic rings. The molecular weight excluding hydrogens is 312 g/mol. The number of rotatable bonds is 4. The predicted molar refractivity (Wildman–Crippen MR) is 79.7 cm³/mol. The summed E-state index contributed by atoms with van der Waals surface area (Å²) in [6.45, 7) is 1.11. The van der Waals surface area contributed by atoms with Crippen molar-refractivity contribution in [3.05, 3.63) is 70.2 Å². The summed E-state index contributed by atoms with van der Waals surface area (Å²) in [6, 6.07) is 9.08. The fourth-order valence-electron chi connectivity index (χ4n) is 1.98. The van der Waals surface area contributed by atoms with Gasteiger partial charge in [-0.05, 0) is 37.3 Å². The van der Waals surface area contributed by atoms with Gasteiger partial charge in [-0.3, -0.25) is 4.79 Å². The molecular formula is C16H14ClF2NO2. The van der Waals surface area contributed by atoms with Crippen LogP contribution in [0.1, 0.15) is 22.8 Å². The minimum absolute atomic E-state index is 0.0923. The number of benzene rings is 2. The van der Waals surface area contributed by atoms with Gasteiger partial charge in [-0.1, -0.05) is 17.7 Å². The molecule has 0 bridgehead atoms. The average molecular weight is 326 g/mol. The van der Waals surface area contributed by atoms with E-state index >= 15 is 0 Å². The Labute approximate surface area is 131 Å². The Hall–Kier alpha value is -1.98. The molecule has 1 unspecified atom stereocenters. The lowest BCUT2D eigenvalue weighted by Gasteiger charge is -2.24. The molecule has 0 saturated carbocycles. The third kappa shape index (κ3) is 3.81. The van der Waals surface area contributed by atoms with Gasteiger partial charge in [0.05, 0.1) is 6.54 Å². The van der Waals surface area contributed by atoms with E-state index in [1.807, 2.05) is 0 Å². The summed E-state index contributed by atoms with van der Waals surface area (Å²) in [5.74, 6) is -2.03. The number of hydrogen-bond acceptors (Lipinski definition) is 2. The Morgan fingerprint density at radius 2 is 1.86 bits per heavy atom. The molecule has 0 fully saturated rings. The minimum Gasteiger partial charge on any atom is -0.383 e. The van der Waals surface area contributed by atoms with Gasteiger partial charge < -0.3 is 10.4 Å². The van der Waals surface area contributed by atoms with Crippen molar-refractivity contribution >= 4 is 17.5 Å². The molecule has 116 valence electrons. The summed E-state index contributed by atoms with van der Waals surface area (Å²) in [5, 5.41) is 13.3. The Bertz CT molecular complexity index is 687. The highest BCUT2D eigenvalue weighted by molar-refractivity contribution is 6.30. The molecule has 22 heavy (non-hydrogen) atoms. The minimum atomic E-state index is -1.67. The second kappa shape index (κ2) is 6.42. The first kappa shape index (κ1) is 16.4. The molecule has 2 rings (SSSR count). The number of halogens is 3. The van der Waals surface area contributed by atoms with Crippen molar-refractivity contribution in [3.8, 4) is 0 Å². The van der Waals surface area contributed by atoms with Crippen molar-refractivity contribution in [2.45, 2.75) is 12.5 Å². The Morgan fingerprint density at radius 3 is 2.45 bits per heavy atom. The number of carbonyl (C=O) groups excluding carboxylic acids is 1. The van der Waals surface area contributed by atoms with Crippen LogP contribution in [-0.2, 0) is 5.60 Å². The van der Waals surface area contributed by atoms with Crippen molar-refractivity contribution in [2.75, 3.05) is 6.54 Å². The zero-order chi connectivity index (χ0) is 16.3. The summed E-state index contributed by atoms with van der Waals surface area (Å²) in [5.41, 5.74) is -1.40. The zero-order valence-electron chi connectivity index (χ0n) is 11.7. The van der Waals surface area contributed by atoms with Crippen LogP contribution in [0.2, 0.25) is 5.02 Å². The highest BCUT2D eigenvalue weighted by Gasteiger charge is 2.27. The lowest BCUT2D eigenvalue weighted by atomic mass is 9.95. The highest BCUT2D eigenvalue weighted by atomic mass is 35.5. The molecule has 0 aliphatic rings. The van der Waals surface area contributed by atoms with Gasteiger partial charge >= 0.3 is 0 Å². The monoisotopic (exact) mass is 325 g/mol. The first-order valence-corrected chi connectivity index (χ1v) is 6.89. The van der Waals surface area contributed by atoms with Gasteiger partial charge in [0.15, 0.2) is 0 Å². The maximum atomic E-state index is 13.7. The van der Waals surface area contributed by atoms with Gasteiger partial charge in [-0.25, -0.2) is 8.78 Å². The van der Waals surface area contributed by atoms with Crippen LogP contribution in [0.4, 0.5) is 8.78 Å². The van der Waals surface area contributed by atoms with Gasteiger partial charge in [0.1, 0.15) is 17.2 Å². The zero-order valence-corrected chi connectivity index (χ0v) is 12.5. The van der Waals surface area contributed by atoms with E-state index in [0.717, 1.165) is 12.1 Å². The van der Waals surface area contributed by atoms with E-state index in [1.54, 1.807) is 12.1 Å². The average Bonchev–Trinajstić information content (AvgIpc) is 2.45. The van der Waals surface area contributed by atoms with Crippen LogP contribution in [0, 0.1) is 11.6 Å². The number of amides is 1. The van der Waals surface area contributed by atoms with Gasteiger partial charge in [0, 0.05) is 22.2 Å². The molecule has 0 heterocycles. The van der Waals surface area contributed by atoms with Crippen LogP contribution in [0.15, 0.2) is 42.5 Å². The maximum Gasteiger partial charge on any atom is 0.251 e. The Morgan fingerprint density at radius 1 is 1.23 bits per heavy atom. The number of carbonyl (C=O) groups is 1. The maximum absolute atomic E-state index is 13.7. The molecule has 0 spiro atoms. The van der Waals surface area contributed by atoms with Crippen molar-refractivity contribution in [1.29, 1.82) is 0 Å². The van der Waals surface area contributed by atoms with E-state index in [1.165, 1.54) is 19.1 Å². The molecule has 0 radical (unpaired) electrons. The highest BCUT2D eigenvalue weighted by Crippen LogP contribution is 2.23. The summed E-state index contributed by atoms with van der Waals surface area (Å²) in [4.78, 5) is 12.0. The van der Waals surface area contributed by atoms with Crippen molar-refractivity contribution in [1.82, 2.24) is 5.32 Å². The largest absolute Gasteiger partial charge is 0.383 e. The third-order valence-electron chi connectivity index (χ3n) is 3.21.